The summed E-state index contributed by atoms with van der Waals surface area (Å²) in [6, 6.07) is 7.44. The Morgan fingerprint density at radius 3 is 2.79 bits per heavy atom. The maximum Gasteiger partial charge on any atom is 0.282 e. The Labute approximate surface area is 158 Å². The summed E-state index contributed by atoms with van der Waals surface area (Å²) in [7, 11) is 0. The molecule has 0 saturated heterocycles. The Kier molecular flexibility index (Phi) is 4.84. The molecule has 0 radical (unpaired) electrons. The molecule has 0 unspecified atom stereocenters. The molecule has 4 rings (SSSR count). The van der Waals surface area contributed by atoms with E-state index in [1.807, 2.05) is 0 Å². The fraction of sp³-hybridized carbons (Fsp3) is 0.333. The maximum absolute atomic E-state index is 13.2. The molecule has 3 aromatic rings. The minimum atomic E-state index is -2.68. The van der Waals surface area contributed by atoms with Gasteiger partial charge in [-0.2, -0.15) is 5.10 Å². The van der Waals surface area contributed by atoms with Crippen LogP contribution in [0.4, 0.5) is 19.1 Å². The van der Waals surface area contributed by atoms with Gasteiger partial charge in [0.1, 0.15) is 24.4 Å². The van der Waals surface area contributed by atoms with Crippen LogP contribution in [-0.4, -0.2) is 30.5 Å². The van der Waals surface area contributed by atoms with Crippen molar-refractivity contribution in [2.24, 2.45) is 0 Å². The number of alkyl halides is 2. The van der Waals surface area contributed by atoms with Gasteiger partial charge in [-0.25, -0.2) is 22.8 Å². The summed E-state index contributed by atoms with van der Waals surface area (Å²) in [5.74, 6) is -0.554. The summed E-state index contributed by atoms with van der Waals surface area (Å²) in [5, 5.41) is 10.5. The van der Waals surface area contributed by atoms with Crippen LogP contribution in [0.5, 0.6) is 0 Å². The Morgan fingerprint density at radius 2 is 2.07 bits per heavy atom. The molecular weight excluding hydrogens is 373 g/mol. The van der Waals surface area contributed by atoms with Crippen molar-refractivity contribution in [2.75, 3.05) is 5.32 Å². The fourth-order valence-corrected chi connectivity index (χ4v) is 2.94. The van der Waals surface area contributed by atoms with Gasteiger partial charge in [0, 0.05) is 11.6 Å². The quantitative estimate of drug-likeness (QED) is 0.673. The smallest absolute Gasteiger partial charge is 0.282 e. The van der Waals surface area contributed by atoms with Gasteiger partial charge in [-0.3, -0.25) is 14.8 Å². The first-order valence-corrected chi connectivity index (χ1v) is 8.77. The molecule has 1 fully saturated rings. The van der Waals surface area contributed by atoms with Crippen molar-refractivity contribution in [1.29, 1.82) is 0 Å². The van der Waals surface area contributed by atoms with Crippen LogP contribution in [0.1, 0.15) is 42.1 Å². The second kappa shape index (κ2) is 7.45. The number of nitrogens with zero attached hydrogens (tertiary/aromatic N) is 5. The Balaban J connectivity index is 1.40. The molecule has 1 aromatic carbocycles. The standard InChI is InChI=1S/C18H17F3N6O/c19-13-3-1-2-11(6-13)8-26-10-22-18(25-26)23-16(28)9-27-15(12-4-5-12)7-14(24-27)17(20)21/h1-3,6-7,10,12,17H,4-5,8-9H2,(H,23,25,28). The minimum absolute atomic E-state index is 0.0793. The maximum atomic E-state index is 13.2. The lowest BCUT2D eigenvalue weighted by molar-refractivity contribution is -0.117. The second-order valence-electron chi connectivity index (χ2n) is 6.67. The van der Waals surface area contributed by atoms with E-state index in [0.717, 1.165) is 12.8 Å². The average Bonchev–Trinajstić information content (AvgIpc) is 3.25. The predicted molar refractivity (Wildman–Crippen MR) is 93.3 cm³/mol. The molecule has 1 amide bonds. The van der Waals surface area contributed by atoms with Gasteiger partial charge in [-0.15, -0.1) is 5.10 Å². The lowest BCUT2D eigenvalue weighted by Gasteiger charge is -2.06. The molecule has 0 bridgehead atoms. The molecule has 1 N–H and O–H groups in total. The number of anilines is 1. The topological polar surface area (TPSA) is 77.6 Å². The molecule has 0 atom stereocenters. The van der Waals surface area contributed by atoms with Gasteiger partial charge in [-0.1, -0.05) is 12.1 Å². The van der Waals surface area contributed by atoms with E-state index in [1.54, 1.807) is 12.1 Å². The number of carbonyl (C=O) groups excluding carboxylic acids is 1. The van der Waals surface area contributed by atoms with Crippen LogP contribution in [0.3, 0.4) is 0 Å². The van der Waals surface area contributed by atoms with Crippen LogP contribution < -0.4 is 5.32 Å². The SMILES string of the molecule is O=C(Cn1nc(C(F)F)cc1C1CC1)Nc1ncn(Cc2cccc(F)c2)n1. The highest BCUT2D eigenvalue weighted by Crippen LogP contribution is 2.41. The first kappa shape index (κ1) is 18.2. The van der Waals surface area contributed by atoms with E-state index in [9.17, 15) is 18.0 Å². The van der Waals surface area contributed by atoms with Crippen molar-refractivity contribution in [3.05, 3.63) is 59.4 Å². The Bertz CT molecular complexity index is 995. The summed E-state index contributed by atoms with van der Waals surface area (Å²) >= 11 is 0. The fourth-order valence-electron chi connectivity index (χ4n) is 2.94. The van der Waals surface area contributed by atoms with E-state index in [0.29, 0.717) is 17.8 Å². The van der Waals surface area contributed by atoms with E-state index in [1.165, 1.54) is 33.9 Å². The molecule has 10 heteroatoms. The van der Waals surface area contributed by atoms with Gasteiger partial charge >= 0.3 is 0 Å². The summed E-state index contributed by atoms with van der Waals surface area (Å²) in [5.41, 5.74) is 1.02. The van der Waals surface area contributed by atoms with E-state index < -0.39 is 12.3 Å². The van der Waals surface area contributed by atoms with Crippen LogP contribution in [0, 0.1) is 5.82 Å². The number of benzene rings is 1. The number of halogens is 3. The predicted octanol–water partition coefficient (Wildman–Crippen LogP) is 3.12. The monoisotopic (exact) mass is 390 g/mol. The number of carbonyl (C=O) groups is 1. The lowest BCUT2D eigenvalue weighted by atomic mass is 10.2. The zero-order chi connectivity index (χ0) is 19.7. The van der Waals surface area contributed by atoms with Gasteiger partial charge in [-0.05, 0) is 36.6 Å². The van der Waals surface area contributed by atoms with Crippen LogP contribution in [-0.2, 0) is 17.9 Å². The normalized spacial score (nSPS) is 13.9. The van der Waals surface area contributed by atoms with Crippen LogP contribution in [0.25, 0.3) is 0 Å². The molecule has 1 aliphatic rings. The lowest BCUT2D eigenvalue weighted by Crippen LogP contribution is -2.21. The second-order valence-corrected chi connectivity index (χ2v) is 6.67. The highest BCUT2D eigenvalue weighted by atomic mass is 19.3. The number of nitrogens with one attached hydrogen (secondary N) is 1. The number of amides is 1. The number of hydrogen-bond acceptors (Lipinski definition) is 4. The van der Waals surface area contributed by atoms with Crippen molar-refractivity contribution in [1.82, 2.24) is 24.5 Å². The first-order chi connectivity index (χ1) is 13.5. The molecule has 0 spiro atoms. The van der Waals surface area contributed by atoms with E-state index in [-0.39, 0.29) is 29.9 Å². The van der Waals surface area contributed by atoms with Crippen molar-refractivity contribution in [3.8, 4) is 0 Å². The molecule has 146 valence electrons. The largest absolute Gasteiger partial charge is 0.292 e. The van der Waals surface area contributed by atoms with Crippen LogP contribution >= 0.6 is 0 Å². The van der Waals surface area contributed by atoms with Crippen molar-refractivity contribution in [3.63, 3.8) is 0 Å². The third-order valence-corrected chi connectivity index (χ3v) is 4.36. The van der Waals surface area contributed by atoms with Gasteiger partial charge < -0.3 is 0 Å². The van der Waals surface area contributed by atoms with E-state index in [2.05, 4.69) is 20.5 Å². The number of aromatic nitrogens is 5. The highest BCUT2D eigenvalue weighted by Gasteiger charge is 2.30. The van der Waals surface area contributed by atoms with Gasteiger partial charge in [0.25, 0.3) is 6.43 Å². The van der Waals surface area contributed by atoms with Gasteiger partial charge in [0.15, 0.2) is 0 Å². The third-order valence-electron chi connectivity index (χ3n) is 4.36. The van der Waals surface area contributed by atoms with Gasteiger partial charge in [0.2, 0.25) is 11.9 Å². The van der Waals surface area contributed by atoms with Crippen molar-refractivity contribution < 1.29 is 18.0 Å². The Hall–Kier alpha value is -3.17. The summed E-state index contributed by atoms with van der Waals surface area (Å²) in [6.07, 6.45) is 0.547. The van der Waals surface area contributed by atoms with E-state index in [4.69, 9.17) is 0 Å². The molecule has 1 aliphatic carbocycles. The summed E-state index contributed by atoms with van der Waals surface area (Å²) < 4.78 is 41.8. The first-order valence-electron chi connectivity index (χ1n) is 8.77. The molecule has 28 heavy (non-hydrogen) atoms. The van der Waals surface area contributed by atoms with Crippen LogP contribution in [0.2, 0.25) is 0 Å². The number of hydrogen-bond donors (Lipinski definition) is 1. The number of rotatable bonds is 7. The van der Waals surface area contributed by atoms with Crippen molar-refractivity contribution >= 4 is 11.9 Å². The highest BCUT2D eigenvalue weighted by molar-refractivity contribution is 5.88. The zero-order valence-electron chi connectivity index (χ0n) is 14.7. The third kappa shape index (κ3) is 4.21. The molecule has 1 saturated carbocycles. The molecule has 0 aliphatic heterocycles. The van der Waals surface area contributed by atoms with E-state index >= 15 is 0 Å². The summed E-state index contributed by atoms with van der Waals surface area (Å²) in [4.78, 5) is 16.3. The molecule has 2 heterocycles. The van der Waals surface area contributed by atoms with Crippen molar-refractivity contribution in [2.45, 2.75) is 38.3 Å². The van der Waals surface area contributed by atoms with Crippen LogP contribution in [0.15, 0.2) is 36.7 Å². The molecule has 7 nitrogen and oxygen atoms in total. The minimum Gasteiger partial charge on any atom is -0.292 e. The Morgan fingerprint density at radius 1 is 1.25 bits per heavy atom. The van der Waals surface area contributed by atoms with Gasteiger partial charge in [0.05, 0.1) is 6.54 Å². The zero-order valence-corrected chi connectivity index (χ0v) is 14.7. The molecule has 2 aromatic heterocycles. The average molecular weight is 390 g/mol. The molecular formula is C18H17F3N6O. The summed E-state index contributed by atoms with van der Waals surface area (Å²) in [6.45, 7) is 0.0976.